The first kappa shape index (κ1) is 27.8. The van der Waals surface area contributed by atoms with Crippen LogP contribution in [-0.4, -0.2) is 0 Å². The molecule has 9 aromatic carbocycles. The van der Waals surface area contributed by atoms with Gasteiger partial charge in [0.05, 0.1) is 0 Å². The van der Waals surface area contributed by atoms with Gasteiger partial charge in [-0.3, -0.25) is 0 Å². The second-order valence-corrected chi connectivity index (χ2v) is 13.1. The van der Waals surface area contributed by atoms with Crippen LogP contribution < -0.4 is 0 Å². The summed E-state index contributed by atoms with van der Waals surface area (Å²) in [6, 6.07) is 67.2. The maximum Gasteiger partial charge on any atom is -0.000787 e. The van der Waals surface area contributed by atoms with E-state index in [1.165, 1.54) is 99.1 Å². The third kappa shape index (κ3) is 4.31. The smallest absolute Gasteiger partial charge is 0.000787 e. The van der Waals surface area contributed by atoms with Crippen LogP contribution in [0.2, 0.25) is 0 Å². The van der Waals surface area contributed by atoms with Gasteiger partial charge in [0, 0.05) is 0 Å². The SMILES string of the molecule is c1ccc(-c2cc3c(c(-c4ccccc4)c2-c2c4ccccc4c(-c4cccc5ccccc45)c4ccccc24)-c2ccccc2C3)cc1. The Bertz CT molecular complexity index is 2650. The molecule has 228 valence electrons. The van der Waals surface area contributed by atoms with Gasteiger partial charge < -0.3 is 0 Å². The zero-order valence-electron chi connectivity index (χ0n) is 27.0. The summed E-state index contributed by atoms with van der Waals surface area (Å²) in [7, 11) is 0. The largest absolute Gasteiger partial charge is 0.0622 e. The molecule has 0 aromatic heterocycles. The summed E-state index contributed by atoms with van der Waals surface area (Å²) in [6.07, 6.45) is 0.937. The number of fused-ring (bicyclic) bond motifs is 6. The van der Waals surface area contributed by atoms with Crippen LogP contribution in [0.1, 0.15) is 11.1 Å². The lowest BCUT2D eigenvalue weighted by molar-refractivity contribution is 1.26. The topological polar surface area (TPSA) is 0 Å². The molecule has 0 aliphatic heterocycles. The van der Waals surface area contributed by atoms with Crippen LogP contribution in [0.4, 0.5) is 0 Å². The molecule has 10 rings (SSSR count). The lowest BCUT2D eigenvalue weighted by Gasteiger charge is -2.25. The van der Waals surface area contributed by atoms with E-state index in [0.29, 0.717) is 0 Å². The van der Waals surface area contributed by atoms with Gasteiger partial charge in [0.2, 0.25) is 0 Å². The van der Waals surface area contributed by atoms with Crippen LogP contribution in [0.15, 0.2) is 182 Å². The lowest BCUT2D eigenvalue weighted by Crippen LogP contribution is -1.98. The zero-order valence-corrected chi connectivity index (χ0v) is 27.0. The number of benzene rings is 9. The Labute approximate surface area is 286 Å². The Morgan fingerprint density at radius 3 is 1.47 bits per heavy atom. The van der Waals surface area contributed by atoms with Crippen LogP contribution in [-0.2, 0) is 6.42 Å². The first-order valence-electron chi connectivity index (χ1n) is 17.2. The molecule has 0 heterocycles. The van der Waals surface area contributed by atoms with Crippen molar-refractivity contribution in [3.8, 4) is 55.6 Å². The van der Waals surface area contributed by atoms with E-state index in [9.17, 15) is 0 Å². The van der Waals surface area contributed by atoms with Crippen molar-refractivity contribution in [2.75, 3.05) is 0 Å². The van der Waals surface area contributed by atoms with Gasteiger partial charge in [0.25, 0.3) is 0 Å². The highest BCUT2D eigenvalue weighted by molar-refractivity contribution is 6.26. The molecule has 0 atom stereocenters. The molecule has 9 aromatic rings. The van der Waals surface area contributed by atoms with E-state index in [1.54, 1.807) is 0 Å². The van der Waals surface area contributed by atoms with E-state index in [0.717, 1.165) is 6.42 Å². The van der Waals surface area contributed by atoms with Crippen molar-refractivity contribution in [2.24, 2.45) is 0 Å². The highest BCUT2D eigenvalue weighted by Gasteiger charge is 2.30. The molecule has 0 bridgehead atoms. The number of hydrogen-bond acceptors (Lipinski definition) is 0. The average Bonchev–Trinajstić information content (AvgIpc) is 3.55. The summed E-state index contributed by atoms with van der Waals surface area (Å²) >= 11 is 0. The second kappa shape index (κ2) is 11.2. The van der Waals surface area contributed by atoms with Crippen molar-refractivity contribution in [3.05, 3.63) is 193 Å². The Kier molecular flexibility index (Phi) is 6.35. The fraction of sp³-hybridized carbons (Fsp3) is 0.0204. The predicted octanol–water partition coefficient (Wildman–Crippen LogP) is 13.4. The van der Waals surface area contributed by atoms with E-state index in [-0.39, 0.29) is 0 Å². The van der Waals surface area contributed by atoms with E-state index < -0.39 is 0 Å². The van der Waals surface area contributed by atoms with Gasteiger partial charge in [-0.25, -0.2) is 0 Å². The molecule has 1 aliphatic rings. The van der Waals surface area contributed by atoms with Crippen LogP contribution >= 0.6 is 0 Å². The molecule has 0 saturated carbocycles. The fourth-order valence-corrected chi connectivity index (χ4v) is 8.44. The third-order valence-electron chi connectivity index (χ3n) is 10.5. The van der Waals surface area contributed by atoms with Crippen LogP contribution in [0.25, 0.3) is 88.0 Å². The molecular weight excluding hydrogens is 589 g/mol. The average molecular weight is 621 g/mol. The summed E-state index contributed by atoms with van der Waals surface area (Å²) in [5, 5.41) is 7.61. The maximum absolute atomic E-state index is 2.49. The number of rotatable bonds is 4. The fourth-order valence-electron chi connectivity index (χ4n) is 8.44. The van der Waals surface area contributed by atoms with Crippen molar-refractivity contribution < 1.29 is 0 Å². The molecule has 0 fully saturated rings. The van der Waals surface area contributed by atoms with Gasteiger partial charge in [0.1, 0.15) is 0 Å². The molecule has 0 amide bonds. The monoisotopic (exact) mass is 620 g/mol. The predicted molar refractivity (Wildman–Crippen MR) is 209 cm³/mol. The third-order valence-corrected chi connectivity index (χ3v) is 10.5. The summed E-state index contributed by atoms with van der Waals surface area (Å²) in [5.41, 5.74) is 15.7. The quantitative estimate of drug-likeness (QED) is 0.172. The standard InChI is InChI=1S/C49H32/c1-3-16-33(17-4-1)44-31-36-30-35-21-8-10-24-38(35)45(36)46(34-19-5-2-6-20-34)49(44)48-42-27-13-11-25-40(42)47(41-26-12-14-28-43(41)48)39-29-15-22-32-18-7-9-23-37(32)39/h1-29,31H,30H2. The molecule has 0 unspecified atom stereocenters. The van der Waals surface area contributed by atoms with Crippen molar-refractivity contribution in [3.63, 3.8) is 0 Å². The Morgan fingerprint density at radius 2 is 0.776 bits per heavy atom. The molecule has 0 saturated heterocycles. The Morgan fingerprint density at radius 1 is 0.265 bits per heavy atom. The summed E-state index contributed by atoms with van der Waals surface area (Å²) in [5.74, 6) is 0. The molecule has 49 heavy (non-hydrogen) atoms. The molecule has 0 N–H and O–H groups in total. The van der Waals surface area contributed by atoms with Crippen molar-refractivity contribution >= 4 is 32.3 Å². The summed E-state index contributed by atoms with van der Waals surface area (Å²) < 4.78 is 0. The summed E-state index contributed by atoms with van der Waals surface area (Å²) in [6.45, 7) is 0. The van der Waals surface area contributed by atoms with Gasteiger partial charge in [-0.15, -0.1) is 0 Å². The zero-order chi connectivity index (χ0) is 32.3. The molecule has 0 heteroatoms. The number of hydrogen-bond donors (Lipinski definition) is 0. The van der Waals surface area contributed by atoms with Crippen LogP contribution in [0.3, 0.4) is 0 Å². The molecule has 0 nitrogen and oxygen atoms in total. The molecular formula is C49H32. The van der Waals surface area contributed by atoms with Crippen molar-refractivity contribution in [2.45, 2.75) is 6.42 Å². The highest BCUT2D eigenvalue weighted by atomic mass is 14.3. The van der Waals surface area contributed by atoms with Gasteiger partial charge in [-0.1, -0.05) is 176 Å². The first-order valence-corrected chi connectivity index (χ1v) is 17.2. The first-order chi connectivity index (χ1) is 24.3. The van der Waals surface area contributed by atoms with Gasteiger partial charge >= 0.3 is 0 Å². The molecule has 0 spiro atoms. The van der Waals surface area contributed by atoms with Gasteiger partial charge in [-0.05, 0) is 112 Å². The van der Waals surface area contributed by atoms with Crippen molar-refractivity contribution in [1.82, 2.24) is 0 Å². The minimum atomic E-state index is 0.937. The molecule has 1 aliphatic carbocycles. The van der Waals surface area contributed by atoms with Crippen LogP contribution in [0.5, 0.6) is 0 Å². The van der Waals surface area contributed by atoms with Crippen LogP contribution in [0, 0.1) is 0 Å². The van der Waals surface area contributed by atoms with Gasteiger partial charge in [0.15, 0.2) is 0 Å². The Balaban J connectivity index is 1.43. The normalized spacial score (nSPS) is 12.0. The van der Waals surface area contributed by atoms with E-state index >= 15 is 0 Å². The van der Waals surface area contributed by atoms with Crippen molar-refractivity contribution in [1.29, 1.82) is 0 Å². The van der Waals surface area contributed by atoms with E-state index in [1.807, 2.05) is 0 Å². The highest BCUT2D eigenvalue weighted by Crippen LogP contribution is 2.55. The minimum absolute atomic E-state index is 0.937. The maximum atomic E-state index is 2.49. The van der Waals surface area contributed by atoms with E-state index in [4.69, 9.17) is 0 Å². The summed E-state index contributed by atoms with van der Waals surface area (Å²) in [4.78, 5) is 0. The van der Waals surface area contributed by atoms with E-state index in [2.05, 4.69) is 182 Å². The molecule has 0 radical (unpaired) electrons. The second-order valence-electron chi connectivity index (χ2n) is 13.1. The minimum Gasteiger partial charge on any atom is -0.0622 e. The Hall–Kier alpha value is -6.24. The lowest BCUT2D eigenvalue weighted by atomic mass is 9.78. The van der Waals surface area contributed by atoms with Gasteiger partial charge in [-0.2, -0.15) is 0 Å².